The van der Waals surface area contributed by atoms with Crippen molar-refractivity contribution < 1.29 is 4.42 Å². The van der Waals surface area contributed by atoms with Crippen LogP contribution in [0.5, 0.6) is 0 Å². The van der Waals surface area contributed by atoms with Gasteiger partial charge in [0.1, 0.15) is 0 Å². The van der Waals surface area contributed by atoms with E-state index in [9.17, 15) is 0 Å². The minimum atomic E-state index is 0.555. The van der Waals surface area contributed by atoms with Crippen molar-refractivity contribution in [1.29, 1.82) is 0 Å². The molecule has 1 aromatic rings. The zero-order chi connectivity index (χ0) is 11.4. The van der Waals surface area contributed by atoms with Gasteiger partial charge in [0.2, 0.25) is 5.89 Å². The summed E-state index contributed by atoms with van der Waals surface area (Å²) < 4.78 is 5.58. The maximum Gasteiger partial charge on any atom is 0.318 e. The number of piperidine rings is 1. The van der Waals surface area contributed by atoms with Crippen molar-refractivity contribution in [3.05, 3.63) is 5.89 Å². The van der Waals surface area contributed by atoms with Gasteiger partial charge in [-0.15, -0.1) is 5.10 Å². The van der Waals surface area contributed by atoms with Gasteiger partial charge < -0.3 is 15.1 Å². The Kier molecular flexibility index (Phi) is 3.77. The smallest absolute Gasteiger partial charge is 0.318 e. The molecule has 0 amide bonds. The van der Waals surface area contributed by atoms with Crippen molar-refractivity contribution in [2.75, 3.05) is 24.5 Å². The predicted molar refractivity (Wildman–Crippen MR) is 62.3 cm³/mol. The fourth-order valence-electron chi connectivity index (χ4n) is 2.17. The molecule has 1 atom stereocenters. The topological polar surface area (TPSA) is 68.2 Å². The summed E-state index contributed by atoms with van der Waals surface area (Å²) >= 11 is 0. The fraction of sp³-hybridized carbons (Fsp3) is 0.818. The molecule has 1 fully saturated rings. The summed E-state index contributed by atoms with van der Waals surface area (Å²) in [5.41, 5.74) is 5.45. The first-order valence-corrected chi connectivity index (χ1v) is 6.11. The van der Waals surface area contributed by atoms with Gasteiger partial charge in [0.05, 0.1) is 0 Å². The van der Waals surface area contributed by atoms with Crippen LogP contribution in [-0.2, 0) is 6.42 Å². The summed E-state index contributed by atoms with van der Waals surface area (Å²) in [7, 11) is 0. The third-order valence-electron chi connectivity index (χ3n) is 3.18. The summed E-state index contributed by atoms with van der Waals surface area (Å²) in [6, 6.07) is 0.668. The average Bonchev–Trinajstić information content (AvgIpc) is 2.78. The molecule has 2 heterocycles. The molecule has 1 aliphatic rings. The van der Waals surface area contributed by atoms with Crippen LogP contribution in [0.25, 0.3) is 0 Å². The average molecular weight is 224 g/mol. The summed E-state index contributed by atoms with van der Waals surface area (Å²) in [4.78, 5) is 2.20. The van der Waals surface area contributed by atoms with E-state index in [0.29, 0.717) is 24.9 Å². The molecular weight excluding hydrogens is 204 g/mol. The van der Waals surface area contributed by atoms with E-state index >= 15 is 0 Å². The fourth-order valence-corrected chi connectivity index (χ4v) is 2.17. The van der Waals surface area contributed by atoms with E-state index in [1.54, 1.807) is 0 Å². The molecule has 16 heavy (non-hydrogen) atoms. The monoisotopic (exact) mass is 224 g/mol. The highest BCUT2D eigenvalue weighted by molar-refractivity contribution is 5.25. The number of aromatic nitrogens is 2. The van der Waals surface area contributed by atoms with Gasteiger partial charge in [-0.25, -0.2) is 0 Å². The molecule has 1 aromatic heterocycles. The van der Waals surface area contributed by atoms with E-state index in [1.807, 2.05) is 0 Å². The van der Waals surface area contributed by atoms with Crippen LogP contribution in [0.3, 0.4) is 0 Å². The van der Waals surface area contributed by atoms with E-state index in [2.05, 4.69) is 22.0 Å². The number of nitrogens with zero attached hydrogens (tertiary/aromatic N) is 3. The molecule has 90 valence electrons. The SMILES string of the molecule is CCC1CCCN(c2nnc(CCN)o2)C1. The van der Waals surface area contributed by atoms with E-state index in [1.165, 1.54) is 19.3 Å². The van der Waals surface area contributed by atoms with Crippen molar-refractivity contribution in [2.24, 2.45) is 11.7 Å². The summed E-state index contributed by atoms with van der Waals surface area (Å²) in [5.74, 6) is 1.41. The zero-order valence-electron chi connectivity index (χ0n) is 9.85. The second-order valence-electron chi connectivity index (χ2n) is 4.38. The lowest BCUT2D eigenvalue weighted by Crippen LogP contribution is -2.35. The number of nitrogens with two attached hydrogens (primary N) is 1. The van der Waals surface area contributed by atoms with E-state index in [0.717, 1.165) is 19.0 Å². The molecule has 2 N–H and O–H groups in total. The van der Waals surface area contributed by atoms with Gasteiger partial charge in [0, 0.05) is 26.1 Å². The minimum absolute atomic E-state index is 0.555. The highest BCUT2D eigenvalue weighted by Gasteiger charge is 2.22. The number of hydrogen-bond donors (Lipinski definition) is 1. The molecule has 0 spiro atoms. The van der Waals surface area contributed by atoms with Gasteiger partial charge in [-0.05, 0) is 18.8 Å². The van der Waals surface area contributed by atoms with Gasteiger partial charge in [0.15, 0.2) is 0 Å². The quantitative estimate of drug-likeness (QED) is 0.832. The third-order valence-corrected chi connectivity index (χ3v) is 3.18. The molecule has 5 nitrogen and oxygen atoms in total. The molecule has 2 rings (SSSR count). The van der Waals surface area contributed by atoms with Crippen LogP contribution in [0, 0.1) is 5.92 Å². The van der Waals surface area contributed by atoms with Crippen molar-refractivity contribution in [2.45, 2.75) is 32.6 Å². The summed E-state index contributed by atoms with van der Waals surface area (Å²) in [5, 5.41) is 8.07. The Morgan fingerprint density at radius 2 is 2.38 bits per heavy atom. The normalized spacial score (nSPS) is 21.4. The Bertz CT molecular complexity index is 326. The molecule has 0 saturated carbocycles. The highest BCUT2D eigenvalue weighted by atomic mass is 16.4. The van der Waals surface area contributed by atoms with Crippen LogP contribution in [0.2, 0.25) is 0 Å². The second kappa shape index (κ2) is 5.30. The van der Waals surface area contributed by atoms with Crippen molar-refractivity contribution in [3.63, 3.8) is 0 Å². The van der Waals surface area contributed by atoms with Crippen LogP contribution in [0.4, 0.5) is 6.01 Å². The van der Waals surface area contributed by atoms with Gasteiger partial charge in [-0.1, -0.05) is 18.4 Å². The van der Waals surface area contributed by atoms with Crippen LogP contribution >= 0.6 is 0 Å². The molecule has 1 aliphatic heterocycles. The van der Waals surface area contributed by atoms with E-state index < -0.39 is 0 Å². The Labute approximate surface area is 96.0 Å². The Morgan fingerprint density at radius 3 is 3.12 bits per heavy atom. The Hall–Kier alpha value is -1.10. The molecule has 1 unspecified atom stereocenters. The Balaban J connectivity index is 1.99. The predicted octanol–water partition coefficient (Wildman–Crippen LogP) is 1.20. The van der Waals surface area contributed by atoms with Crippen molar-refractivity contribution in [3.8, 4) is 0 Å². The zero-order valence-corrected chi connectivity index (χ0v) is 9.85. The maximum absolute atomic E-state index is 5.58. The van der Waals surface area contributed by atoms with Gasteiger partial charge in [-0.2, -0.15) is 0 Å². The molecule has 0 aliphatic carbocycles. The van der Waals surface area contributed by atoms with Crippen LogP contribution < -0.4 is 10.6 Å². The van der Waals surface area contributed by atoms with E-state index in [-0.39, 0.29) is 0 Å². The van der Waals surface area contributed by atoms with Gasteiger partial charge in [-0.3, -0.25) is 0 Å². The molecular formula is C11H20N4O. The van der Waals surface area contributed by atoms with Crippen LogP contribution in [0.15, 0.2) is 4.42 Å². The number of anilines is 1. The van der Waals surface area contributed by atoms with Crippen LogP contribution in [0.1, 0.15) is 32.1 Å². The number of rotatable bonds is 4. The standard InChI is InChI=1S/C11H20N4O/c1-2-9-4-3-7-15(8-9)11-14-13-10(16-11)5-6-12/h9H,2-8,12H2,1H3. The molecule has 0 radical (unpaired) electrons. The van der Waals surface area contributed by atoms with E-state index in [4.69, 9.17) is 10.2 Å². The number of hydrogen-bond acceptors (Lipinski definition) is 5. The third kappa shape index (κ3) is 2.52. The largest absolute Gasteiger partial charge is 0.408 e. The lowest BCUT2D eigenvalue weighted by Gasteiger charge is -2.30. The van der Waals surface area contributed by atoms with Crippen molar-refractivity contribution in [1.82, 2.24) is 10.2 Å². The van der Waals surface area contributed by atoms with Crippen molar-refractivity contribution >= 4 is 6.01 Å². The first kappa shape index (κ1) is 11.4. The lowest BCUT2D eigenvalue weighted by atomic mass is 9.96. The second-order valence-corrected chi connectivity index (χ2v) is 4.38. The molecule has 0 bridgehead atoms. The highest BCUT2D eigenvalue weighted by Crippen LogP contribution is 2.23. The maximum atomic E-state index is 5.58. The summed E-state index contributed by atoms with van der Waals surface area (Å²) in [6.45, 7) is 4.86. The van der Waals surface area contributed by atoms with Gasteiger partial charge >= 0.3 is 6.01 Å². The van der Waals surface area contributed by atoms with Crippen LogP contribution in [-0.4, -0.2) is 29.8 Å². The minimum Gasteiger partial charge on any atom is -0.408 e. The first-order chi connectivity index (χ1) is 7.83. The van der Waals surface area contributed by atoms with Gasteiger partial charge in [0.25, 0.3) is 0 Å². The molecule has 5 heteroatoms. The molecule has 1 saturated heterocycles. The first-order valence-electron chi connectivity index (χ1n) is 6.11. The summed E-state index contributed by atoms with van der Waals surface area (Å²) in [6.07, 6.45) is 4.42. The Morgan fingerprint density at radius 1 is 1.50 bits per heavy atom. The molecule has 0 aromatic carbocycles. The lowest BCUT2D eigenvalue weighted by molar-refractivity contribution is 0.379.